The number of ketones is 7. The summed E-state index contributed by atoms with van der Waals surface area (Å²) in [5.41, 5.74) is 0. The van der Waals surface area contributed by atoms with Gasteiger partial charge >= 0.3 is 0 Å². The Morgan fingerprint density at radius 2 is 0.490 bits per heavy atom. The fraction of sp³-hybridized carbons (Fsp3) is 0.871. The molecule has 0 saturated heterocycles. The SMILES string of the molecule is CCCCCOCCOCCOCCCCC(=O)C(C)=O.CCCCCOCCOCCOCCCCC(=O)COCC(C)=O.CCCCOCCOCCC(C)=O.CCCCOCCOCCNC(=O)COCC(C)=O.CCCCOCCOCCNC(=O)COCC(C)=O. The second kappa shape index (κ2) is 89.0. The average molecular weight is 1390 g/mol. The van der Waals surface area contributed by atoms with Gasteiger partial charge in [0.2, 0.25) is 11.8 Å². The average Bonchev–Trinajstić information content (AvgIpc) is 3.72. The molecule has 568 valence electrons. The van der Waals surface area contributed by atoms with Crippen LogP contribution < -0.4 is 10.6 Å². The fourth-order valence-corrected chi connectivity index (χ4v) is 6.69. The fourth-order valence-electron chi connectivity index (χ4n) is 6.69. The number of carbonyl (C=O) groups is 9. The molecule has 0 spiro atoms. The molecule has 0 aliphatic rings. The van der Waals surface area contributed by atoms with Crippen molar-refractivity contribution < 1.29 is 114 Å². The van der Waals surface area contributed by atoms with Crippen LogP contribution in [0.25, 0.3) is 0 Å². The third-order valence-corrected chi connectivity index (χ3v) is 12.0. The predicted octanol–water partition coefficient (Wildman–Crippen LogP) is 8.01. The minimum atomic E-state index is -0.360. The molecule has 0 aromatic heterocycles. The summed E-state index contributed by atoms with van der Waals surface area (Å²) in [5, 5.41) is 5.25. The highest BCUT2D eigenvalue weighted by molar-refractivity contribution is 6.36. The van der Waals surface area contributed by atoms with Crippen LogP contribution in [-0.4, -0.2) is 264 Å². The van der Waals surface area contributed by atoms with Crippen LogP contribution in [0.5, 0.6) is 0 Å². The van der Waals surface area contributed by atoms with Gasteiger partial charge in [-0.3, -0.25) is 43.2 Å². The Labute approximate surface area is 577 Å². The maximum Gasteiger partial charge on any atom is 0.246 e. The summed E-state index contributed by atoms with van der Waals surface area (Å²) in [6.45, 7) is 33.2. The van der Waals surface area contributed by atoms with Crippen molar-refractivity contribution in [2.45, 2.75) is 191 Å². The van der Waals surface area contributed by atoms with Crippen LogP contribution in [0.15, 0.2) is 0 Å². The van der Waals surface area contributed by atoms with Crippen LogP contribution >= 0.6 is 0 Å². The van der Waals surface area contributed by atoms with Gasteiger partial charge in [-0.1, -0.05) is 79.6 Å². The third kappa shape index (κ3) is 106. The molecule has 0 aromatic rings. The maximum absolute atomic E-state index is 11.4. The highest BCUT2D eigenvalue weighted by Crippen LogP contribution is 2.01. The van der Waals surface area contributed by atoms with Gasteiger partial charge in [0, 0.05) is 85.5 Å². The smallest absolute Gasteiger partial charge is 0.246 e. The Bertz CT molecular complexity index is 1700. The predicted molar refractivity (Wildman–Crippen MR) is 368 cm³/mol. The molecule has 26 nitrogen and oxygen atoms in total. The van der Waals surface area contributed by atoms with Crippen molar-refractivity contribution in [1.29, 1.82) is 0 Å². The van der Waals surface area contributed by atoms with Crippen molar-refractivity contribution >= 4 is 52.3 Å². The van der Waals surface area contributed by atoms with E-state index in [0.29, 0.717) is 164 Å². The first kappa shape index (κ1) is 101. The van der Waals surface area contributed by atoms with Crippen LogP contribution in [0.3, 0.4) is 0 Å². The number of unbranched alkanes of at least 4 members (excludes halogenated alkanes) is 9. The van der Waals surface area contributed by atoms with Crippen molar-refractivity contribution in [2.75, 3.05) is 211 Å². The topological polar surface area (TPSA) is 316 Å². The highest BCUT2D eigenvalue weighted by atomic mass is 16.6. The van der Waals surface area contributed by atoms with Gasteiger partial charge in [0.05, 0.1) is 112 Å². The molecule has 0 saturated carbocycles. The van der Waals surface area contributed by atoms with Crippen LogP contribution in [0.4, 0.5) is 0 Å². The van der Waals surface area contributed by atoms with Crippen LogP contribution in [0.1, 0.15) is 191 Å². The molecule has 0 atom stereocenters. The molecule has 2 N–H and O–H groups in total. The van der Waals surface area contributed by atoms with Gasteiger partial charge < -0.3 is 81.7 Å². The Hall–Kier alpha value is -3.97. The second-order valence-corrected chi connectivity index (χ2v) is 22.0. The molecular formula is C70H134N2O24. The number of ether oxygens (including phenoxy) is 15. The summed E-state index contributed by atoms with van der Waals surface area (Å²) >= 11 is 0. The summed E-state index contributed by atoms with van der Waals surface area (Å²) in [6.07, 6.45) is 18.1. The first-order chi connectivity index (χ1) is 46.4. The Morgan fingerprint density at radius 3 is 0.781 bits per heavy atom. The van der Waals surface area contributed by atoms with Crippen molar-refractivity contribution in [2.24, 2.45) is 0 Å². The molecule has 0 fully saturated rings. The number of hydrogen-bond acceptors (Lipinski definition) is 24. The van der Waals surface area contributed by atoms with Gasteiger partial charge in [-0.25, -0.2) is 0 Å². The zero-order valence-electron chi connectivity index (χ0n) is 61.4. The van der Waals surface area contributed by atoms with E-state index in [1.165, 1.54) is 53.4 Å². The minimum absolute atomic E-state index is 0.0125. The molecule has 0 radical (unpaired) electrons. The van der Waals surface area contributed by atoms with Crippen LogP contribution in [-0.2, 0) is 114 Å². The number of amides is 2. The monoisotopic (exact) mass is 1390 g/mol. The summed E-state index contributed by atoms with van der Waals surface area (Å²) < 4.78 is 78.7. The van der Waals surface area contributed by atoms with Crippen LogP contribution in [0.2, 0.25) is 0 Å². The lowest BCUT2D eigenvalue weighted by Crippen LogP contribution is -2.31. The number of hydrogen-bond donors (Lipinski definition) is 2. The van der Waals surface area contributed by atoms with Crippen molar-refractivity contribution in [3.63, 3.8) is 0 Å². The minimum Gasteiger partial charge on any atom is -0.379 e. The van der Waals surface area contributed by atoms with E-state index >= 15 is 0 Å². The van der Waals surface area contributed by atoms with Gasteiger partial charge in [-0.2, -0.15) is 0 Å². The van der Waals surface area contributed by atoms with Gasteiger partial charge in [0.15, 0.2) is 34.7 Å². The van der Waals surface area contributed by atoms with Gasteiger partial charge in [0.1, 0.15) is 45.4 Å². The van der Waals surface area contributed by atoms with E-state index < -0.39 is 0 Å². The lowest BCUT2D eigenvalue weighted by molar-refractivity contribution is -0.135. The zero-order valence-corrected chi connectivity index (χ0v) is 61.4. The number of rotatable bonds is 70. The van der Waals surface area contributed by atoms with E-state index in [4.69, 9.17) is 71.1 Å². The maximum atomic E-state index is 11.4. The van der Waals surface area contributed by atoms with E-state index in [-0.39, 0.29) is 91.9 Å². The molecular weight excluding hydrogens is 1250 g/mol. The molecule has 0 bridgehead atoms. The largest absolute Gasteiger partial charge is 0.379 e. The molecule has 0 rings (SSSR count). The zero-order chi connectivity index (χ0) is 72.3. The molecule has 2 amide bonds. The standard InChI is InChI=1S/C18H34O6.C16H30O5.2C13H25NO5.C10H20O3/c1-3-4-6-9-21-11-13-23-14-12-22-10-7-5-8-18(20)16-24-15-17(2)19;1-3-4-6-9-19-11-13-21-14-12-20-10-7-5-8-16(18)15(2)17;2*1-3-4-6-17-8-9-18-7-5-14-13(16)11-19-10-12(2)15;1-3-4-6-12-8-9-13-7-5-10(2)11/h3-16H2,1-2H3;3-14H2,1-2H3;2*3-11H2,1-2H3,(H,14,16);3-9H2,1-2H3. The summed E-state index contributed by atoms with van der Waals surface area (Å²) in [6, 6.07) is 0. The first-order valence-corrected chi connectivity index (χ1v) is 35.2. The molecule has 26 heteroatoms. The summed E-state index contributed by atoms with van der Waals surface area (Å²) in [5.74, 6) is -1.21. The Morgan fingerprint density at radius 1 is 0.229 bits per heavy atom. The molecule has 0 aliphatic heterocycles. The quantitative estimate of drug-likeness (QED) is 0.0430. The van der Waals surface area contributed by atoms with Crippen LogP contribution in [0, 0.1) is 0 Å². The Kier molecular flexibility index (Phi) is 93.4. The molecule has 0 aliphatic carbocycles. The van der Waals surface area contributed by atoms with E-state index in [0.717, 1.165) is 104 Å². The van der Waals surface area contributed by atoms with Crippen molar-refractivity contribution in [1.82, 2.24) is 10.6 Å². The lowest BCUT2D eigenvalue weighted by atomic mass is 10.1. The van der Waals surface area contributed by atoms with E-state index in [9.17, 15) is 43.2 Å². The highest BCUT2D eigenvalue weighted by Gasteiger charge is 2.08. The number of carbonyl (C=O) groups excluding carboxylic acids is 9. The normalized spacial score (nSPS) is 10.6. The summed E-state index contributed by atoms with van der Waals surface area (Å²) in [7, 11) is 0. The lowest BCUT2D eigenvalue weighted by Gasteiger charge is -2.07. The van der Waals surface area contributed by atoms with E-state index in [1.54, 1.807) is 6.92 Å². The molecule has 0 heterocycles. The number of Topliss-reactive ketones (excluding diaryl/α,β-unsaturated/α-hetero) is 7. The summed E-state index contributed by atoms with van der Waals surface area (Å²) in [4.78, 5) is 97.9. The van der Waals surface area contributed by atoms with Crippen molar-refractivity contribution in [3.8, 4) is 0 Å². The van der Waals surface area contributed by atoms with E-state index in [1.807, 2.05) is 0 Å². The number of nitrogens with one attached hydrogen (secondary N) is 2. The molecule has 96 heavy (non-hydrogen) atoms. The van der Waals surface area contributed by atoms with Gasteiger partial charge in [-0.15, -0.1) is 0 Å². The van der Waals surface area contributed by atoms with E-state index in [2.05, 4.69) is 45.3 Å². The second-order valence-electron chi connectivity index (χ2n) is 22.0. The molecule has 0 aromatic carbocycles. The Balaban J connectivity index is -0.000000363. The third-order valence-electron chi connectivity index (χ3n) is 12.0. The molecule has 0 unspecified atom stereocenters. The first-order valence-electron chi connectivity index (χ1n) is 35.2. The van der Waals surface area contributed by atoms with Crippen molar-refractivity contribution in [3.05, 3.63) is 0 Å². The van der Waals surface area contributed by atoms with Gasteiger partial charge in [-0.05, 0) is 85.5 Å². The van der Waals surface area contributed by atoms with Gasteiger partial charge in [0.25, 0.3) is 0 Å².